The number of nitrogens with zero attached hydrogens (tertiary/aromatic N) is 2. The highest BCUT2D eigenvalue weighted by Gasteiger charge is 2.28. The van der Waals surface area contributed by atoms with Gasteiger partial charge in [-0.1, -0.05) is 26.7 Å². The molecule has 0 aromatic heterocycles. The Balaban J connectivity index is 2.57. The van der Waals surface area contributed by atoms with Crippen LogP contribution >= 0.6 is 0 Å². The number of hydrogen-bond acceptors (Lipinski definition) is 2. The molecule has 1 aliphatic rings. The Hall–Kier alpha value is -0.550. The molecule has 0 saturated heterocycles. The Morgan fingerprint density at radius 2 is 2.07 bits per heavy atom. The summed E-state index contributed by atoms with van der Waals surface area (Å²) in [6.07, 6.45) is 6.25. The molecule has 80 valence electrons. The summed E-state index contributed by atoms with van der Waals surface area (Å²) < 4.78 is 0. The molecule has 1 saturated carbocycles. The maximum Gasteiger partial charge on any atom is 0.0975 e. The van der Waals surface area contributed by atoms with Crippen molar-refractivity contribution >= 4 is 0 Å². The first-order chi connectivity index (χ1) is 6.70. The van der Waals surface area contributed by atoms with Gasteiger partial charge in [0.2, 0.25) is 0 Å². The third kappa shape index (κ3) is 2.48. The van der Waals surface area contributed by atoms with Gasteiger partial charge < -0.3 is 0 Å². The fourth-order valence-electron chi connectivity index (χ4n) is 2.60. The lowest BCUT2D eigenvalue weighted by molar-refractivity contribution is 0.116. The van der Waals surface area contributed by atoms with E-state index in [0.29, 0.717) is 6.04 Å². The highest BCUT2D eigenvalue weighted by Crippen LogP contribution is 2.28. The van der Waals surface area contributed by atoms with E-state index in [2.05, 4.69) is 31.9 Å². The standard InChI is InChI=1S/C12H22N2/c1-4-11(9-13)14(3)12-8-6-5-7-10(12)2/h10-12H,4-8H2,1-3H3. The molecule has 2 nitrogen and oxygen atoms in total. The van der Waals surface area contributed by atoms with Crippen molar-refractivity contribution in [1.29, 1.82) is 5.26 Å². The summed E-state index contributed by atoms with van der Waals surface area (Å²) in [5.74, 6) is 0.760. The van der Waals surface area contributed by atoms with E-state index in [4.69, 9.17) is 5.26 Å². The summed E-state index contributed by atoms with van der Waals surface area (Å²) in [5.41, 5.74) is 0. The third-order valence-electron chi connectivity index (χ3n) is 3.62. The van der Waals surface area contributed by atoms with Crippen LogP contribution in [0.4, 0.5) is 0 Å². The first-order valence-electron chi connectivity index (χ1n) is 5.82. The zero-order valence-electron chi connectivity index (χ0n) is 9.66. The lowest BCUT2D eigenvalue weighted by Crippen LogP contribution is -2.44. The summed E-state index contributed by atoms with van der Waals surface area (Å²) in [5, 5.41) is 9.02. The molecule has 1 rings (SSSR count). The van der Waals surface area contributed by atoms with Crippen LogP contribution in [-0.4, -0.2) is 24.0 Å². The molecule has 0 aromatic carbocycles. The van der Waals surface area contributed by atoms with Gasteiger partial charge in [-0.3, -0.25) is 4.90 Å². The van der Waals surface area contributed by atoms with Gasteiger partial charge in [0.05, 0.1) is 12.1 Å². The molecule has 2 heteroatoms. The summed E-state index contributed by atoms with van der Waals surface area (Å²) in [6.45, 7) is 4.42. The second-order valence-electron chi connectivity index (χ2n) is 4.55. The van der Waals surface area contributed by atoms with Crippen LogP contribution in [0, 0.1) is 17.2 Å². The van der Waals surface area contributed by atoms with E-state index in [1.807, 2.05) is 0 Å². The highest BCUT2D eigenvalue weighted by atomic mass is 15.2. The van der Waals surface area contributed by atoms with Gasteiger partial charge in [0, 0.05) is 6.04 Å². The van der Waals surface area contributed by atoms with Gasteiger partial charge in [0.15, 0.2) is 0 Å². The van der Waals surface area contributed by atoms with E-state index >= 15 is 0 Å². The van der Waals surface area contributed by atoms with Gasteiger partial charge in [0.25, 0.3) is 0 Å². The van der Waals surface area contributed by atoms with Crippen LogP contribution in [0.3, 0.4) is 0 Å². The Bertz CT molecular complexity index is 207. The molecule has 3 atom stereocenters. The number of rotatable bonds is 3. The van der Waals surface area contributed by atoms with E-state index in [9.17, 15) is 0 Å². The molecule has 1 fully saturated rings. The molecule has 1 aliphatic carbocycles. The summed E-state index contributed by atoms with van der Waals surface area (Å²) >= 11 is 0. The molecule has 0 heterocycles. The van der Waals surface area contributed by atoms with Gasteiger partial charge in [-0.05, 0) is 32.2 Å². The zero-order chi connectivity index (χ0) is 10.6. The predicted molar refractivity (Wildman–Crippen MR) is 58.9 cm³/mol. The minimum Gasteiger partial charge on any atom is -0.288 e. The Labute approximate surface area is 87.9 Å². The van der Waals surface area contributed by atoms with Crippen molar-refractivity contribution in [3.63, 3.8) is 0 Å². The molecule has 0 spiro atoms. The minimum absolute atomic E-state index is 0.112. The molecule has 0 aromatic rings. The van der Waals surface area contributed by atoms with Gasteiger partial charge in [0.1, 0.15) is 0 Å². The first-order valence-corrected chi connectivity index (χ1v) is 5.82. The van der Waals surface area contributed by atoms with Crippen molar-refractivity contribution in [2.24, 2.45) is 5.92 Å². The molecule has 0 bridgehead atoms. The monoisotopic (exact) mass is 194 g/mol. The van der Waals surface area contributed by atoms with Crippen LogP contribution in [0.15, 0.2) is 0 Å². The molecule has 0 aliphatic heterocycles. The maximum absolute atomic E-state index is 9.02. The first kappa shape index (κ1) is 11.5. The fraction of sp³-hybridized carbons (Fsp3) is 0.917. The lowest BCUT2D eigenvalue weighted by Gasteiger charge is -2.38. The average molecular weight is 194 g/mol. The number of hydrogen-bond donors (Lipinski definition) is 0. The summed E-state index contributed by atoms with van der Waals surface area (Å²) in [7, 11) is 2.11. The van der Waals surface area contributed by atoms with Gasteiger partial charge in [-0.25, -0.2) is 0 Å². The molecule has 0 amide bonds. The smallest absolute Gasteiger partial charge is 0.0975 e. The van der Waals surface area contributed by atoms with Crippen molar-refractivity contribution in [2.45, 2.75) is 58.0 Å². The van der Waals surface area contributed by atoms with E-state index in [1.54, 1.807) is 0 Å². The molecular formula is C12H22N2. The van der Waals surface area contributed by atoms with Crippen LogP contribution in [0.2, 0.25) is 0 Å². The average Bonchev–Trinajstić information content (AvgIpc) is 2.20. The largest absolute Gasteiger partial charge is 0.288 e. The molecule has 14 heavy (non-hydrogen) atoms. The zero-order valence-corrected chi connectivity index (χ0v) is 9.66. The van der Waals surface area contributed by atoms with Gasteiger partial charge in [-0.2, -0.15) is 5.26 Å². The van der Waals surface area contributed by atoms with Crippen molar-refractivity contribution in [1.82, 2.24) is 4.90 Å². The molecule has 3 unspecified atom stereocenters. The van der Waals surface area contributed by atoms with E-state index in [0.717, 1.165) is 12.3 Å². The van der Waals surface area contributed by atoms with Crippen molar-refractivity contribution in [2.75, 3.05) is 7.05 Å². The number of nitriles is 1. The van der Waals surface area contributed by atoms with Crippen molar-refractivity contribution < 1.29 is 0 Å². The lowest BCUT2D eigenvalue weighted by atomic mass is 9.84. The predicted octanol–water partition coefficient (Wildman–Crippen LogP) is 2.80. The van der Waals surface area contributed by atoms with Crippen LogP contribution < -0.4 is 0 Å². The molecular weight excluding hydrogens is 172 g/mol. The molecule has 0 radical (unpaired) electrons. The topological polar surface area (TPSA) is 27.0 Å². The second kappa shape index (κ2) is 5.36. The van der Waals surface area contributed by atoms with Crippen LogP contribution in [0.5, 0.6) is 0 Å². The summed E-state index contributed by atoms with van der Waals surface area (Å²) in [6, 6.07) is 3.14. The van der Waals surface area contributed by atoms with E-state index < -0.39 is 0 Å². The van der Waals surface area contributed by atoms with Crippen LogP contribution in [0.1, 0.15) is 46.0 Å². The SMILES string of the molecule is CCC(C#N)N(C)C1CCCCC1C. The Morgan fingerprint density at radius 3 is 2.57 bits per heavy atom. The fourth-order valence-corrected chi connectivity index (χ4v) is 2.60. The van der Waals surface area contributed by atoms with Crippen LogP contribution in [0.25, 0.3) is 0 Å². The third-order valence-corrected chi connectivity index (χ3v) is 3.62. The van der Waals surface area contributed by atoms with E-state index in [-0.39, 0.29) is 6.04 Å². The maximum atomic E-state index is 9.02. The second-order valence-corrected chi connectivity index (χ2v) is 4.55. The molecule has 0 N–H and O–H groups in total. The van der Waals surface area contributed by atoms with Gasteiger partial charge in [-0.15, -0.1) is 0 Å². The van der Waals surface area contributed by atoms with Crippen molar-refractivity contribution in [3.8, 4) is 6.07 Å². The van der Waals surface area contributed by atoms with Gasteiger partial charge >= 0.3 is 0 Å². The quantitative estimate of drug-likeness (QED) is 0.690. The minimum atomic E-state index is 0.112. The van der Waals surface area contributed by atoms with E-state index in [1.165, 1.54) is 25.7 Å². The highest BCUT2D eigenvalue weighted by molar-refractivity contribution is 4.93. The Morgan fingerprint density at radius 1 is 1.43 bits per heavy atom. The summed E-state index contributed by atoms with van der Waals surface area (Å²) in [4.78, 5) is 2.30. The normalized spacial score (nSPS) is 29.9. The van der Waals surface area contributed by atoms with Crippen molar-refractivity contribution in [3.05, 3.63) is 0 Å². The Kier molecular flexibility index (Phi) is 4.41. The van der Waals surface area contributed by atoms with Crippen LogP contribution in [-0.2, 0) is 0 Å².